The molecule has 1 atom stereocenters. The smallest absolute Gasteiger partial charge is 0.338 e. The Bertz CT molecular complexity index is 1070. The van der Waals surface area contributed by atoms with Crippen molar-refractivity contribution in [3.63, 3.8) is 0 Å². The second-order valence-corrected chi connectivity index (χ2v) is 8.51. The minimum Gasteiger partial charge on any atom is -0.507 e. The van der Waals surface area contributed by atoms with Crippen molar-refractivity contribution >= 4 is 17.3 Å². The number of nitro benzene ring substituents is 1. The van der Waals surface area contributed by atoms with E-state index >= 15 is 0 Å². The molecule has 0 spiro atoms. The molecular formula is C24H30N2O6. The van der Waals surface area contributed by atoms with Gasteiger partial charge in [-0.3, -0.25) is 10.1 Å². The number of nitrogens with one attached hydrogen (secondary N) is 1. The van der Waals surface area contributed by atoms with Crippen LogP contribution < -0.4 is 10.1 Å². The monoisotopic (exact) mass is 442 g/mol. The van der Waals surface area contributed by atoms with Crippen LogP contribution in [0.25, 0.3) is 0 Å². The predicted octanol–water partition coefficient (Wildman–Crippen LogP) is 4.99. The molecule has 2 aromatic rings. The first-order chi connectivity index (χ1) is 15.1. The van der Waals surface area contributed by atoms with Crippen LogP contribution in [0.5, 0.6) is 11.5 Å². The van der Waals surface area contributed by atoms with Crippen LogP contribution in [0.15, 0.2) is 18.2 Å². The lowest BCUT2D eigenvalue weighted by atomic mass is 9.85. The molecule has 1 heterocycles. The SMILES string of the molecule is CCOC(=O)c1cc(NCCC2(C)CCc3c(C)c(O)c(C)c(C)c3O2)cc([N+](=O)[O-])c1. The number of non-ortho nitro benzene ring substituents is 1. The van der Waals surface area contributed by atoms with E-state index < -0.39 is 16.5 Å². The highest BCUT2D eigenvalue weighted by Gasteiger charge is 2.34. The molecule has 0 saturated carbocycles. The van der Waals surface area contributed by atoms with Crippen LogP contribution >= 0.6 is 0 Å². The van der Waals surface area contributed by atoms with Crippen molar-refractivity contribution in [2.45, 2.75) is 59.5 Å². The molecule has 0 saturated heterocycles. The second-order valence-electron chi connectivity index (χ2n) is 8.51. The van der Waals surface area contributed by atoms with Crippen LogP contribution in [-0.2, 0) is 11.2 Å². The maximum atomic E-state index is 12.1. The summed E-state index contributed by atoms with van der Waals surface area (Å²) in [5.41, 5.74) is 3.71. The fraction of sp³-hybridized carbons (Fsp3) is 0.458. The van der Waals surface area contributed by atoms with Gasteiger partial charge in [0.15, 0.2) is 0 Å². The van der Waals surface area contributed by atoms with Gasteiger partial charge < -0.3 is 19.9 Å². The third-order valence-electron chi connectivity index (χ3n) is 6.22. The Balaban J connectivity index is 1.74. The van der Waals surface area contributed by atoms with Crippen molar-refractivity contribution < 1.29 is 24.3 Å². The first-order valence-electron chi connectivity index (χ1n) is 10.8. The van der Waals surface area contributed by atoms with E-state index in [2.05, 4.69) is 5.32 Å². The topological polar surface area (TPSA) is 111 Å². The van der Waals surface area contributed by atoms with Crippen LogP contribution in [0.2, 0.25) is 0 Å². The Morgan fingerprint density at radius 2 is 1.97 bits per heavy atom. The van der Waals surface area contributed by atoms with Crippen LogP contribution in [-0.4, -0.2) is 34.8 Å². The average molecular weight is 443 g/mol. The highest BCUT2D eigenvalue weighted by atomic mass is 16.6. The Morgan fingerprint density at radius 3 is 2.62 bits per heavy atom. The van der Waals surface area contributed by atoms with Crippen LogP contribution in [0, 0.1) is 30.9 Å². The summed E-state index contributed by atoms with van der Waals surface area (Å²) in [4.78, 5) is 22.8. The molecule has 0 amide bonds. The Labute approximate surface area is 187 Å². The molecule has 8 nitrogen and oxygen atoms in total. The molecular weight excluding hydrogens is 412 g/mol. The van der Waals surface area contributed by atoms with Gasteiger partial charge in [0.2, 0.25) is 0 Å². The van der Waals surface area contributed by atoms with Gasteiger partial charge in [-0.05, 0) is 70.2 Å². The lowest BCUT2D eigenvalue weighted by molar-refractivity contribution is -0.384. The standard InChI is InChI=1S/C24H30N2O6/c1-6-31-23(28)17-11-18(13-19(12-17)26(29)30)25-10-9-24(5)8-7-20-16(4)21(27)14(2)15(3)22(20)32-24/h11-13,25,27H,6-10H2,1-5H3. The summed E-state index contributed by atoms with van der Waals surface area (Å²) in [7, 11) is 0. The molecule has 1 aliphatic heterocycles. The molecule has 8 heteroatoms. The number of rotatable bonds is 7. The highest BCUT2D eigenvalue weighted by Crippen LogP contribution is 2.44. The average Bonchev–Trinajstić information content (AvgIpc) is 2.76. The number of hydrogen-bond donors (Lipinski definition) is 2. The zero-order valence-electron chi connectivity index (χ0n) is 19.2. The number of carbonyl (C=O) groups is 1. The number of nitro groups is 1. The molecule has 0 aliphatic carbocycles. The van der Waals surface area contributed by atoms with E-state index in [0.717, 1.165) is 40.8 Å². The van der Waals surface area contributed by atoms with E-state index in [1.807, 2.05) is 27.7 Å². The lowest BCUT2D eigenvalue weighted by Gasteiger charge is -2.38. The van der Waals surface area contributed by atoms with E-state index in [1.54, 1.807) is 13.0 Å². The molecule has 32 heavy (non-hydrogen) atoms. The molecule has 1 aliphatic rings. The summed E-state index contributed by atoms with van der Waals surface area (Å²) in [5, 5.41) is 24.8. The fourth-order valence-corrected chi connectivity index (χ4v) is 4.09. The molecule has 1 unspecified atom stereocenters. The summed E-state index contributed by atoms with van der Waals surface area (Å²) < 4.78 is 11.4. The van der Waals surface area contributed by atoms with E-state index in [1.165, 1.54) is 12.1 Å². The normalized spacial score (nSPS) is 17.3. The number of fused-ring (bicyclic) bond motifs is 1. The maximum Gasteiger partial charge on any atom is 0.338 e. The van der Waals surface area contributed by atoms with E-state index in [0.29, 0.717) is 24.4 Å². The fourth-order valence-electron chi connectivity index (χ4n) is 4.09. The Hall–Kier alpha value is -3.29. The summed E-state index contributed by atoms with van der Waals surface area (Å²) >= 11 is 0. The van der Waals surface area contributed by atoms with Crippen molar-refractivity contribution in [3.05, 3.63) is 56.1 Å². The zero-order valence-corrected chi connectivity index (χ0v) is 19.2. The molecule has 3 rings (SSSR count). The first kappa shape index (κ1) is 23.4. The summed E-state index contributed by atoms with van der Waals surface area (Å²) in [6.45, 7) is 10.2. The second kappa shape index (κ2) is 9.06. The quantitative estimate of drug-likeness (QED) is 0.353. The van der Waals surface area contributed by atoms with Crippen LogP contribution in [0.4, 0.5) is 11.4 Å². The number of benzene rings is 2. The number of hydrogen-bond acceptors (Lipinski definition) is 7. The number of phenolic OH excluding ortho intramolecular Hbond substituents is 1. The van der Waals surface area contributed by atoms with Gasteiger partial charge in [-0.15, -0.1) is 0 Å². The number of ether oxygens (including phenoxy) is 2. The number of anilines is 1. The molecule has 0 bridgehead atoms. The van der Waals surface area contributed by atoms with Gasteiger partial charge in [-0.2, -0.15) is 0 Å². The van der Waals surface area contributed by atoms with E-state index in [-0.39, 0.29) is 17.9 Å². The third kappa shape index (κ3) is 4.64. The molecule has 2 aromatic carbocycles. The van der Waals surface area contributed by atoms with Crippen molar-refractivity contribution in [1.82, 2.24) is 0 Å². The third-order valence-corrected chi connectivity index (χ3v) is 6.22. The van der Waals surface area contributed by atoms with Gasteiger partial charge in [-0.25, -0.2) is 4.79 Å². The number of nitrogens with zero attached hydrogens (tertiary/aromatic N) is 1. The lowest BCUT2D eigenvalue weighted by Crippen LogP contribution is -2.38. The van der Waals surface area contributed by atoms with Gasteiger partial charge in [0, 0.05) is 36.3 Å². The minimum atomic E-state index is -0.595. The summed E-state index contributed by atoms with van der Waals surface area (Å²) in [5.74, 6) is 0.576. The summed E-state index contributed by atoms with van der Waals surface area (Å²) in [6, 6.07) is 4.18. The number of carbonyl (C=O) groups excluding carboxylic acids is 1. The Kier molecular flexibility index (Phi) is 6.62. The molecule has 0 aromatic heterocycles. The van der Waals surface area contributed by atoms with Crippen molar-refractivity contribution in [2.75, 3.05) is 18.5 Å². The molecule has 172 valence electrons. The number of phenols is 1. The largest absolute Gasteiger partial charge is 0.507 e. The van der Waals surface area contributed by atoms with Crippen molar-refractivity contribution in [1.29, 1.82) is 0 Å². The number of aromatic hydroxyl groups is 1. The molecule has 0 radical (unpaired) electrons. The van der Waals surface area contributed by atoms with E-state index in [4.69, 9.17) is 9.47 Å². The maximum absolute atomic E-state index is 12.1. The van der Waals surface area contributed by atoms with Gasteiger partial charge in [0.05, 0.1) is 17.1 Å². The van der Waals surface area contributed by atoms with E-state index in [9.17, 15) is 20.0 Å². The minimum absolute atomic E-state index is 0.138. The Morgan fingerprint density at radius 1 is 1.25 bits per heavy atom. The van der Waals surface area contributed by atoms with Crippen molar-refractivity contribution in [2.24, 2.45) is 0 Å². The first-order valence-corrected chi connectivity index (χ1v) is 10.8. The van der Waals surface area contributed by atoms with Gasteiger partial charge in [-0.1, -0.05) is 0 Å². The van der Waals surface area contributed by atoms with Gasteiger partial charge >= 0.3 is 5.97 Å². The highest BCUT2D eigenvalue weighted by molar-refractivity contribution is 5.91. The van der Waals surface area contributed by atoms with Gasteiger partial charge in [0.25, 0.3) is 5.69 Å². The summed E-state index contributed by atoms with van der Waals surface area (Å²) in [6.07, 6.45) is 2.24. The molecule has 0 fully saturated rings. The van der Waals surface area contributed by atoms with Gasteiger partial charge in [0.1, 0.15) is 17.1 Å². The van der Waals surface area contributed by atoms with Crippen molar-refractivity contribution in [3.8, 4) is 11.5 Å². The molecule has 2 N–H and O–H groups in total. The van der Waals surface area contributed by atoms with Crippen LogP contribution in [0.3, 0.4) is 0 Å². The number of esters is 1. The zero-order chi connectivity index (χ0) is 23.6. The predicted molar refractivity (Wildman–Crippen MR) is 122 cm³/mol. The van der Waals surface area contributed by atoms with Crippen LogP contribution in [0.1, 0.15) is 59.3 Å².